The van der Waals surface area contributed by atoms with Gasteiger partial charge >= 0.3 is 0 Å². The molecule has 0 radical (unpaired) electrons. The Bertz CT molecular complexity index is 258. The van der Waals surface area contributed by atoms with Gasteiger partial charge in [-0.3, -0.25) is 4.79 Å². The van der Waals surface area contributed by atoms with Crippen LogP contribution < -0.4 is 11.1 Å². The molecule has 0 spiro atoms. The summed E-state index contributed by atoms with van der Waals surface area (Å²) in [6.07, 6.45) is 2.51. The molecule has 0 aromatic carbocycles. The molecule has 2 saturated heterocycles. The number of carbonyl (C=O) groups excluding carboxylic acids is 1. The van der Waals surface area contributed by atoms with Crippen LogP contribution in [0.1, 0.15) is 19.3 Å². The molecular formula is C12H22N2O3. The Labute approximate surface area is 102 Å². The quantitative estimate of drug-likeness (QED) is 0.721. The summed E-state index contributed by atoms with van der Waals surface area (Å²) in [5, 5.41) is 3.03. The Balaban J connectivity index is 1.83. The molecule has 2 aliphatic heterocycles. The number of ether oxygens (including phenoxy) is 2. The average Bonchev–Trinajstić information content (AvgIpc) is 2.90. The van der Waals surface area contributed by atoms with Crippen molar-refractivity contribution < 1.29 is 14.3 Å². The minimum Gasteiger partial charge on any atom is -0.381 e. The van der Waals surface area contributed by atoms with Gasteiger partial charge in [-0.25, -0.2) is 0 Å². The van der Waals surface area contributed by atoms with Gasteiger partial charge in [0.25, 0.3) is 0 Å². The predicted octanol–water partition coefficient (Wildman–Crippen LogP) is -0.105. The molecule has 5 heteroatoms. The third kappa shape index (κ3) is 2.97. The highest BCUT2D eigenvalue weighted by Crippen LogP contribution is 2.29. The Morgan fingerprint density at radius 3 is 2.65 bits per heavy atom. The van der Waals surface area contributed by atoms with Gasteiger partial charge in [0.15, 0.2) is 0 Å². The van der Waals surface area contributed by atoms with Gasteiger partial charge in [0.1, 0.15) is 0 Å². The standard InChI is InChI=1S/C12H22N2O3/c13-9-12(2-5-16-6-3-12)11(15)14-7-10-1-4-17-8-10/h10H,1-9,13H2,(H,14,15). The van der Waals surface area contributed by atoms with E-state index in [1.54, 1.807) is 0 Å². The van der Waals surface area contributed by atoms with Crippen LogP contribution in [0.3, 0.4) is 0 Å². The molecule has 0 aromatic rings. The van der Waals surface area contributed by atoms with Crippen molar-refractivity contribution in [3.63, 3.8) is 0 Å². The van der Waals surface area contributed by atoms with E-state index in [4.69, 9.17) is 15.2 Å². The molecule has 3 N–H and O–H groups in total. The van der Waals surface area contributed by atoms with Crippen LogP contribution >= 0.6 is 0 Å². The molecular weight excluding hydrogens is 220 g/mol. The number of rotatable bonds is 4. The second-order valence-electron chi connectivity index (χ2n) is 5.04. The summed E-state index contributed by atoms with van der Waals surface area (Å²) in [5.74, 6) is 0.559. The molecule has 98 valence electrons. The molecule has 0 bridgehead atoms. The van der Waals surface area contributed by atoms with Gasteiger partial charge < -0.3 is 20.5 Å². The van der Waals surface area contributed by atoms with Crippen LogP contribution in [0.5, 0.6) is 0 Å². The van der Waals surface area contributed by atoms with Gasteiger partial charge in [-0.2, -0.15) is 0 Å². The third-order valence-electron chi connectivity index (χ3n) is 3.90. The summed E-state index contributed by atoms with van der Waals surface area (Å²) in [6.45, 7) is 3.97. The Morgan fingerprint density at radius 2 is 2.06 bits per heavy atom. The highest BCUT2D eigenvalue weighted by atomic mass is 16.5. The average molecular weight is 242 g/mol. The summed E-state index contributed by atoms with van der Waals surface area (Å²) in [4.78, 5) is 12.2. The molecule has 1 atom stereocenters. The van der Waals surface area contributed by atoms with Crippen LogP contribution in [0.2, 0.25) is 0 Å². The first-order chi connectivity index (χ1) is 8.27. The fourth-order valence-corrected chi connectivity index (χ4v) is 2.45. The zero-order valence-electron chi connectivity index (χ0n) is 10.2. The minimum absolute atomic E-state index is 0.0928. The molecule has 0 saturated carbocycles. The zero-order valence-corrected chi connectivity index (χ0v) is 10.2. The first-order valence-corrected chi connectivity index (χ1v) is 6.41. The van der Waals surface area contributed by atoms with Crippen LogP contribution in [0.4, 0.5) is 0 Å². The maximum atomic E-state index is 12.2. The van der Waals surface area contributed by atoms with Crippen LogP contribution in [0.15, 0.2) is 0 Å². The van der Waals surface area contributed by atoms with Crippen molar-refractivity contribution in [1.82, 2.24) is 5.32 Å². The van der Waals surface area contributed by atoms with Crippen molar-refractivity contribution >= 4 is 5.91 Å². The molecule has 0 aromatic heterocycles. The van der Waals surface area contributed by atoms with Gasteiger partial charge in [-0.05, 0) is 19.3 Å². The zero-order chi connectivity index (χ0) is 12.1. The molecule has 2 aliphatic rings. The van der Waals surface area contributed by atoms with E-state index in [0.717, 1.165) is 32.5 Å². The largest absolute Gasteiger partial charge is 0.381 e. The summed E-state index contributed by atoms with van der Waals surface area (Å²) in [7, 11) is 0. The maximum Gasteiger partial charge on any atom is 0.227 e. The van der Waals surface area contributed by atoms with Crippen LogP contribution in [0, 0.1) is 11.3 Å². The first-order valence-electron chi connectivity index (χ1n) is 6.41. The summed E-state index contributed by atoms with van der Waals surface area (Å²) < 4.78 is 10.6. The molecule has 2 fully saturated rings. The van der Waals surface area contributed by atoms with Gasteiger partial charge in [0, 0.05) is 38.8 Å². The van der Waals surface area contributed by atoms with Crippen molar-refractivity contribution in [3.05, 3.63) is 0 Å². The lowest BCUT2D eigenvalue weighted by molar-refractivity contribution is -0.136. The first kappa shape index (κ1) is 12.8. The lowest BCUT2D eigenvalue weighted by atomic mass is 9.79. The van der Waals surface area contributed by atoms with Crippen molar-refractivity contribution in [2.75, 3.05) is 39.5 Å². The Hall–Kier alpha value is -0.650. The van der Waals surface area contributed by atoms with Gasteiger partial charge in [0.2, 0.25) is 5.91 Å². The second-order valence-corrected chi connectivity index (χ2v) is 5.04. The maximum absolute atomic E-state index is 12.2. The fourth-order valence-electron chi connectivity index (χ4n) is 2.45. The lowest BCUT2D eigenvalue weighted by Crippen LogP contribution is -2.50. The van der Waals surface area contributed by atoms with Crippen LogP contribution in [-0.4, -0.2) is 45.4 Å². The van der Waals surface area contributed by atoms with Crippen molar-refractivity contribution in [2.45, 2.75) is 19.3 Å². The summed E-state index contributed by atoms with van der Waals surface area (Å²) in [6, 6.07) is 0. The van der Waals surface area contributed by atoms with E-state index < -0.39 is 5.41 Å². The van der Waals surface area contributed by atoms with E-state index in [1.165, 1.54) is 0 Å². The van der Waals surface area contributed by atoms with Crippen molar-refractivity contribution in [2.24, 2.45) is 17.1 Å². The van der Waals surface area contributed by atoms with E-state index in [9.17, 15) is 4.79 Å². The van der Waals surface area contributed by atoms with E-state index >= 15 is 0 Å². The second kappa shape index (κ2) is 5.80. The SMILES string of the molecule is NCC1(C(=O)NCC2CCOC2)CCOCC1. The van der Waals surface area contributed by atoms with E-state index in [-0.39, 0.29) is 5.91 Å². The lowest BCUT2D eigenvalue weighted by Gasteiger charge is -2.34. The van der Waals surface area contributed by atoms with Crippen LogP contribution in [0.25, 0.3) is 0 Å². The molecule has 1 amide bonds. The van der Waals surface area contributed by atoms with Gasteiger partial charge in [-0.1, -0.05) is 0 Å². The molecule has 17 heavy (non-hydrogen) atoms. The molecule has 2 heterocycles. The number of hydrogen-bond acceptors (Lipinski definition) is 4. The van der Waals surface area contributed by atoms with E-state index in [2.05, 4.69) is 5.32 Å². The predicted molar refractivity (Wildman–Crippen MR) is 63.5 cm³/mol. The third-order valence-corrected chi connectivity index (χ3v) is 3.90. The number of hydrogen-bond donors (Lipinski definition) is 2. The Morgan fingerprint density at radius 1 is 1.29 bits per heavy atom. The van der Waals surface area contributed by atoms with Crippen molar-refractivity contribution in [3.8, 4) is 0 Å². The molecule has 0 aliphatic carbocycles. The van der Waals surface area contributed by atoms with Gasteiger partial charge in [-0.15, -0.1) is 0 Å². The van der Waals surface area contributed by atoms with Gasteiger partial charge in [0.05, 0.1) is 12.0 Å². The van der Waals surface area contributed by atoms with Crippen LogP contribution in [-0.2, 0) is 14.3 Å². The smallest absolute Gasteiger partial charge is 0.227 e. The normalized spacial score (nSPS) is 27.9. The highest BCUT2D eigenvalue weighted by Gasteiger charge is 2.38. The summed E-state index contributed by atoms with van der Waals surface area (Å²) in [5.41, 5.74) is 5.38. The fraction of sp³-hybridized carbons (Fsp3) is 0.917. The van der Waals surface area contributed by atoms with E-state index in [0.29, 0.717) is 32.2 Å². The topological polar surface area (TPSA) is 73.6 Å². The minimum atomic E-state index is -0.405. The number of amides is 1. The molecule has 5 nitrogen and oxygen atoms in total. The number of carbonyl (C=O) groups is 1. The number of nitrogens with two attached hydrogens (primary N) is 1. The van der Waals surface area contributed by atoms with Crippen molar-refractivity contribution in [1.29, 1.82) is 0 Å². The monoisotopic (exact) mass is 242 g/mol. The number of nitrogens with one attached hydrogen (secondary N) is 1. The van der Waals surface area contributed by atoms with E-state index in [1.807, 2.05) is 0 Å². The molecule has 2 rings (SSSR count). The summed E-state index contributed by atoms with van der Waals surface area (Å²) >= 11 is 0. The molecule has 1 unspecified atom stereocenters. The highest BCUT2D eigenvalue weighted by molar-refractivity contribution is 5.83. The Kier molecular flexibility index (Phi) is 4.36.